The lowest BCUT2D eigenvalue weighted by atomic mass is 10.1. The van der Waals surface area contributed by atoms with Crippen LogP contribution in [0.25, 0.3) is 0 Å². The molecular formula is C12H19N3O3S. The van der Waals surface area contributed by atoms with Crippen LogP contribution in [0.1, 0.15) is 25.3 Å². The van der Waals surface area contributed by atoms with Crippen molar-refractivity contribution >= 4 is 15.9 Å². The van der Waals surface area contributed by atoms with E-state index in [1.165, 1.54) is 12.1 Å². The minimum atomic E-state index is -3.73. The number of carbonyl (C=O) groups is 1. The van der Waals surface area contributed by atoms with E-state index in [-0.39, 0.29) is 17.3 Å². The van der Waals surface area contributed by atoms with Gasteiger partial charge >= 0.3 is 0 Å². The number of nitrogens with one attached hydrogen (secondary N) is 1. The Labute approximate surface area is 113 Å². The van der Waals surface area contributed by atoms with Gasteiger partial charge < -0.3 is 11.1 Å². The zero-order valence-corrected chi connectivity index (χ0v) is 11.6. The molecule has 0 aliphatic heterocycles. The third-order valence-corrected chi connectivity index (χ3v) is 3.54. The monoisotopic (exact) mass is 285 g/mol. The summed E-state index contributed by atoms with van der Waals surface area (Å²) < 4.78 is 22.4. The van der Waals surface area contributed by atoms with Crippen LogP contribution in [0.15, 0.2) is 29.2 Å². The van der Waals surface area contributed by atoms with Crippen LogP contribution >= 0.6 is 0 Å². The van der Waals surface area contributed by atoms with Gasteiger partial charge in [-0.1, -0.05) is 25.5 Å². The lowest BCUT2D eigenvalue weighted by Crippen LogP contribution is -2.40. The van der Waals surface area contributed by atoms with Crippen molar-refractivity contribution in [3.8, 4) is 0 Å². The first-order valence-corrected chi connectivity index (χ1v) is 7.54. The van der Waals surface area contributed by atoms with E-state index >= 15 is 0 Å². The molecule has 5 N–H and O–H groups in total. The van der Waals surface area contributed by atoms with E-state index in [1.54, 1.807) is 12.1 Å². The summed E-state index contributed by atoms with van der Waals surface area (Å²) in [4.78, 5) is 11.6. The Morgan fingerprint density at radius 3 is 2.68 bits per heavy atom. The topological polar surface area (TPSA) is 115 Å². The summed E-state index contributed by atoms with van der Waals surface area (Å²) in [5.74, 6) is -0.247. The molecule has 6 nitrogen and oxygen atoms in total. The molecule has 0 fully saturated rings. The summed E-state index contributed by atoms with van der Waals surface area (Å²) in [5, 5.41) is 7.70. The van der Waals surface area contributed by atoms with E-state index in [0.717, 1.165) is 6.42 Å². The van der Waals surface area contributed by atoms with E-state index in [1.807, 2.05) is 6.92 Å². The van der Waals surface area contributed by atoms with Crippen molar-refractivity contribution < 1.29 is 13.2 Å². The van der Waals surface area contributed by atoms with Gasteiger partial charge in [-0.15, -0.1) is 0 Å². The number of amides is 1. The molecular weight excluding hydrogens is 266 g/mol. The van der Waals surface area contributed by atoms with Crippen molar-refractivity contribution in [3.63, 3.8) is 0 Å². The number of primary sulfonamides is 1. The lowest BCUT2D eigenvalue weighted by molar-refractivity contribution is -0.122. The molecule has 0 heterocycles. The van der Waals surface area contributed by atoms with Gasteiger partial charge in [0, 0.05) is 6.54 Å². The minimum Gasteiger partial charge on any atom is -0.351 e. The summed E-state index contributed by atoms with van der Waals surface area (Å²) in [6.07, 6.45) is 1.44. The first-order chi connectivity index (χ1) is 8.84. The van der Waals surface area contributed by atoms with Gasteiger partial charge in [-0.05, 0) is 24.1 Å². The van der Waals surface area contributed by atoms with Crippen LogP contribution in [0.4, 0.5) is 0 Å². The van der Waals surface area contributed by atoms with E-state index in [0.29, 0.717) is 12.0 Å². The number of hydrogen-bond donors (Lipinski definition) is 3. The van der Waals surface area contributed by atoms with Crippen molar-refractivity contribution in [2.24, 2.45) is 10.9 Å². The first-order valence-electron chi connectivity index (χ1n) is 5.99. The van der Waals surface area contributed by atoms with Crippen LogP contribution in [0.3, 0.4) is 0 Å². The van der Waals surface area contributed by atoms with Gasteiger partial charge in [0.05, 0.1) is 10.9 Å². The highest BCUT2D eigenvalue weighted by atomic mass is 32.2. The Bertz CT molecular complexity index is 543. The molecule has 1 atom stereocenters. The highest BCUT2D eigenvalue weighted by molar-refractivity contribution is 7.89. The molecule has 1 rings (SSSR count). The fourth-order valence-electron chi connectivity index (χ4n) is 1.59. The normalized spacial score (nSPS) is 13.0. The average Bonchev–Trinajstić information content (AvgIpc) is 2.35. The minimum absolute atomic E-state index is 0.0251. The Balaban J connectivity index is 2.66. The SMILES string of the molecule is CCC[C@@H](N)C(=O)NCc1cccc(S(N)(=O)=O)c1. The van der Waals surface area contributed by atoms with Crippen LogP contribution < -0.4 is 16.2 Å². The van der Waals surface area contributed by atoms with E-state index in [2.05, 4.69) is 5.32 Å². The molecule has 0 aromatic heterocycles. The molecule has 106 valence electrons. The van der Waals surface area contributed by atoms with Crippen LogP contribution in [-0.2, 0) is 21.4 Å². The molecule has 0 spiro atoms. The van der Waals surface area contributed by atoms with Gasteiger partial charge in [-0.3, -0.25) is 4.79 Å². The molecule has 0 unspecified atom stereocenters. The van der Waals surface area contributed by atoms with Gasteiger partial charge in [-0.2, -0.15) is 0 Å². The summed E-state index contributed by atoms with van der Waals surface area (Å²) in [5.41, 5.74) is 6.32. The second-order valence-corrected chi connectivity index (χ2v) is 5.87. The molecule has 0 aliphatic rings. The van der Waals surface area contributed by atoms with Crippen LogP contribution in [0.2, 0.25) is 0 Å². The van der Waals surface area contributed by atoms with Gasteiger partial charge in [0.2, 0.25) is 15.9 Å². The molecule has 0 bridgehead atoms. The Morgan fingerprint density at radius 2 is 2.11 bits per heavy atom. The molecule has 19 heavy (non-hydrogen) atoms. The smallest absolute Gasteiger partial charge is 0.238 e. The lowest BCUT2D eigenvalue weighted by Gasteiger charge is -2.11. The summed E-state index contributed by atoms with van der Waals surface area (Å²) in [6, 6.07) is 5.59. The molecule has 7 heteroatoms. The maximum atomic E-state index is 11.6. The number of benzene rings is 1. The van der Waals surface area contributed by atoms with Gasteiger partial charge in [-0.25, -0.2) is 13.6 Å². The fourth-order valence-corrected chi connectivity index (χ4v) is 2.18. The van der Waals surface area contributed by atoms with Crippen LogP contribution in [-0.4, -0.2) is 20.4 Å². The third kappa shape index (κ3) is 4.98. The molecule has 0 saturated heterocycles. The maximum absolute atomic E-state index is 11.6. The Morgan fingerprint density at radius 1 is 1.42 bits per heavy atom. The van der Waals surface area contributed by atoms with Crippen LogP contribution in [0, 0.1) is 0 Å². The fraction of sp³-hybridized carbons (Fsp3) is 0.417. The van der Waals surface area contributed by atoms with E-state index in [9.17, 15) is 13.2 Å². The molecule has 1 amide bonds. The number of rotatable bonds is 6. The van der Waals surface area contributed by atoms with Crippen molar-refractivity contribution in [3.05, 3.63) is 29.8 Å². The number of sulfonamides is 1. The largest absolute Gasteiger partial charge is 0.351 e. The molecule has 0 aliphatic carbocycles. The molecule has 1 aromatic carbocycles. The zero-order chi connectivity index (χ0) is 14.5. The average molecular weight is 285 g/mol. The Kier molecular flexibility index (Phi) is 5.46. The quantitative estimate of drug-likeness (QED) is 0.686. The number of carbonyl (C=O) groups excluding carboxylic acids is 1. The molecule has 0 saturated carbocycles. The zero-order valence-electron chi connectivity index (χ0n) is 10.8. The van der Waals surface area contributed by atoms with Crippen LogP contribution in [0.5, 0.6) is 0 Å². The second kappa shape index (κ2) is 6.65. The maximum Gasteiger partial charge on any atom is 0.238 e. The van der Waals surface area contributed by atoms with Crippen molar-refractivity contribution in [1.82, 2.24) is 5.32 Å². The summed E-state index contributed by atoms with van der Waals surface area (Å²) in [6.45, 7) is 2.17. The second-order valence-electron chi connectivity index (χ2n) is 4.31. The van der Waals surface area contributed by atoms with Crippen molar-refractivity contribution in [2.45, 2.75) is 37.2 Å². The molecule has 1 aromatic rings. The van der Waals surface area contributed by atoms with Crippen molar-refractivity contribution in [2.75, 3.05) is 0 Å². The predicted molar refractivity (Wildman–Crippen MR) is 72.5 cm³/mol. The number of nitrogens with two attached hydrogens (primary N) is 2. The summed E-state index contributed by atoms with van der Waals surface area (Å²) in [7, 11) is -3.73. The predicted octanol–water partition coefficient (Wildman–Crippen LogP) is 0.0776. The molecule has 0 radical (unpaired) electrons. The number of hydrogen-bond acceptors (Lipinski definition) is 4. The summed E-state index contributed by atoms with van der Waals surface area (Å²) >= 11 is 0. The standard InChI is InChI=1S/C12H19N3O3S/c1-2-4-11(13)12(16)15-8-9-5-3-6-10(7-9)19(14,17)18/h3,5-7,11H,2,4,8,13H2,1H3,(H,15,16)(H2,14,17,18)/t11-/m1/s1. The van der Waals surface area contributed by atoms with E-state index < -0.39 is 16.1 Å². The van der Waals surface area contributed by atoms with Gasteiger partial charge in [0.15, 0.2) is 0 Å². The van der Waals surface area contributed by atoms with E-state index in [4.69, 9.17) is 10.9 Å². The Hall–Kier alpha value is -1.44. The van der Waals surface area contributed by atoms with Gasteiger partial charge in [0.1, 0.15) is 0 Å². The van der Waals surface area contributed by atoms with Gasteiger partial charge in [0.25, 0.3) is 0 Å². The first kappa shape index (κ1) is 15.6. The third-order valence-electron chi connectivity index (χ3n) is 2.63. The highest BCUT2D eigenvalue weighted by Crippen LogP contribution is 2.09. The van der Waals surface area contributed by atoms with Crippen molar-refractivity contribution in [1.29, 1.82) is 0 Å². The highest BCUT2D eigenvalue weighted by Gasteiger charge is 2.12.